The van der Waals surface area contributed by atoms with Gasteiger partial charge in [0, 0.05) is 6.42 Å². The Kier molecular flexibility index (Phi) is 23.2. The first-order chi connectivity index (χ1) is 10.8. The second-order valence-electron chi connectivity index (χ2n) is 5.37. The first-order valence-electron chi connectivity index (χ1n) is 8.46. The molecule has 0 radical (unpaired) electrons. The number of allylic oxidation sites excluding steroid dienone is 4. The van der Waals surface area contributed by atoms with Crippen molar-refractivity contribution in [3.8, 4) is 0 Å². The summed E-state index contributed by atoms with van der Waals surface area (Å²) in [5, 5.41) is 14.0. The van der Waals surface area contributed by atoms with E-state index in [0.29, 0.717) is 6.42 Å². The van der Waals surface area contributed by atoms with Crippen LogP contribution in [-0.4, -0.2) is 16.4 Å². The van der Waals surface area contributed by atoms with Crippen LogP contribution in [0.5, 0.6) is 0 Å². The number of hydrogen-bond donors (Lipinski definition) is 2. The molecule has 0 atom stereocenters. The molecule has 0 bridgehead atoms. The Balaban J connectivity index is 0. The molecule has 0 unspecified atom stereocenters. The minimum absolute atomic E-state index is 0.324. The summed E-state index contributed by atoms with van der Waals surface area (Å²) in [6, 6.07) is 0. The zero-order valence-electron chi connectivity index (χ0n) is 14.0. The van der Waals surface area contributed by atoms with Crippen molar-refractivity contribution in [1.29, 1.82) is 0 Å². The van der Waals surface area contributed by atoms with E-state index in [4.69, 9.17) is 14.9 Å². The Morgan fingerprint density at radius 2 is 1.32 bits per heavy atom. The molecule has 0 heterocycles. The lowest BCUT2D eigenvalue weighted by Crippen LogP contribution is -1.93. The minimum atomic E-state index is -0.671. The summed E-state index contributed by atoms with van der Waals surface area (Å²) in [6.07, 6.45) is 22.3. The van der Waals surface area contributed by atoms with Crippen molar-refractivity contribution >= 4 is 5.97 Å². The third-order valence-electron chi connectivity index (χ3n) is 3.34. The topological polar surface area (TPSA) is 57.5 Å². The smallest absolute Gasteiger partial charge is 0.303 e. The maximum absolute atomic E-state index is 10.3. The van der Waals surface area contributed by atoms with Crippen LogP contribution in [0.1, 0.15) is 84.0 Å². The van der Waals surface area contributed by atoms with Gasteiger partial charge in [0.2, 0.25) is 0 Å². The van der Waals surface area contributed by atoms with Gasteiger partial charge >= 0.3 is 5.97 Å². The quantitative estimate of drug-likeness (QED) is 0.317. The molecule has 0 saturated carbocycles. The molecule has 0 aromatic carbocycles. The number of aliphatic carboxylic acids is 1. The lowest BCUT2D eigenvalue weighted by Gasteiger charge is -1.98. The highest BCUT2D eigenvalue weighted by atomic mass is 19.3. The molecule has 2 N–H and O–H groups in total. The number of unbranched alkanes of at least 4 members (excludes halogenated alkanes) is 8. The van der Waals surface area contributed by atoms with Crippen LogP contribution >= 0.6 is 0 Å². The van der Waals surface area contributed by atoms with E-state index in [-0.39, 0.29) is 0 Å². The van der Waals surface area contributed by atoms with Gasteiger partial charge in [0.25, 0.3) is 0 Å². The Morgan fingerprint density at radius 3 is 1.86 bits per heavy atom. The fourth-order valence-electron chi connectivity index (χ4n) is 2.09. The molecule has 0 aliphatic carbocycles. The van der Waals surface area contributed by atoms with Gasteiger partial charge in [0.1, 0.15) is 0 Å². The van der Waals surface area contributed by atoms with Crippen molar-refractivity contribution in [2.75, 3.05) is 0 Å². The maximum atomic E-state index is 10.3. The van der Waals surface area contributed by atoms with Crippen LogP contribution in [0.25, 0.3) is 0 Å². The Labute approximate surface area is 134 Å². The normalized spacial score (nSPS) is 10.9. The van der Waals surface area contributed by atoms with Gasteiger partial charge in [-0.1, -0.05) is 67.9 Å². The first-order valence-corrected chi connectivity index (χ1v) is 8.46. The zero-order valence-corrected chi connectivity index (χ0v) is 14.0. The van der Waals surface area contributed by atoms with Crippen LogP contribution in [0.2, 0.25) is 0 Å². The van der Waals surface area contributed by atoms with Gasteiger partial charge in [0.15, 0.2) is 0 Å². The lowest BCUT2D eigenvalue weighted by atomic mass is 10.1. The number of hydrogen-bond acceptors (Lipinski definition) is 2. The molecule has 0 fully saturated rings. The molecular formula is C18H33FO3. The zero-order chi connectivity index (χ0) is 16.9. The van der Waals surface area contributed by atoms with Gasteiger partial charge in [-0.25, -0.2) is 5.31 Å². The first kappa shape index (κ1) is 23.1. The molecular weight excluding hydrogens is 283 g/mol. The Morgan fingerprint density at radius 1 is 0.818 bits per heavy atom. The summed E-state index contributed by atoms with van der Waals surface area (Å²) in [5.74, 6) is -0.671. The van der Waals surface area contributed by atoms with Gasteiger partial charge in [-0.2, -0.15) is 0 Å². The van der Waals surface area contributed by atoms with Crippen LogP contribution in [0, 0.1) is 0 Å². The number of carbonyl (C=O) groups is 1. The van der Waals surface area contributed by atoms with Crippen molar-refractivity contribution in [1.82, 2.24) is 0 Å². The highest BCUT2D eigenvalue weighted by Crippen LogP contribution is 2.08. The molecule has 0 saturated heterocycles. The van der Waals surface area contributed by atoms with E-state index in [1.807, 2.05) is 0 Å². The third-order valence-corrected chi connectivity index (χ3v) is 3.34. The van der Waals surface area contributed by atoms with E-state index in [2.05, 4.69) is 31.2 Å². The average molecular weight is 316 g/mol. The molecule has 0 aliphatic heterocycles. The lowest BCUT2D eigenvalue weighted by molar-refractivity contribution is -0.137. The van der Waals surface area contributed by atoms with Crippen molar-refractivity contribution in [2.24, 2.45) is 0 Å². The SMILES string of the molecule is CCCCC/C=C\C/C=C\CCCCCCCC(=O)O.OF. The number of halogens is 1. The Hall–Kier alpha value is -1.16. The second kappa shape index (κ2) is 22.1. The molecule has 22 heavy (non-hydrogen) atoms. The van der Waals surface area contributed by atoms with Crippen LogP contribution in [-0.2, 0) is 4.79 Å². The standard InChI is InChI=1S/C18H32O2.FHO/c1-2-3-4-5-6-7-8-9-10-11-12-13-14-15-16-17-18(19)20;1-2/h6-7,9-10H,2-5,8,11-17H2,1H3,(H,19,20);2H/b7-6-,10-9-;. The summed E-state index contributed by atoms with van der Waals surface area (Å²) in [5.41, 5.74) is 0. The van der Waals surface area contributed by atoms with E-state index < -0.39 is 5.97 Å². The van der Waals surface area contributed by atoms with Gasteiger partial charge in [-0.15, -0.1) is 0 Å². The molecule has 0 aromatic rings. The highest BCUT2D eigenvalue weighted by Gasteiger charge is 1.95. The van der Waals surface area contributed by atoms with Gasteiger partial charge in [-0.3, -0.25) is 4.79 Å². The molecule has 0 spiro atoms. The van der Waals surface area contributed by atoms with Crippen LogP contribution in [0.4, 0.5) is 4.53 Å². The molecule has 0 aliphatic rings. The summed E-state index contributed by atoms with van der Waals surface area (Å²) in [7, 11) is 0. The highest BCUT2D eigenvalue weighted by molar-refractivity contribution is 5.66. The van der Waals surface area contributed by atoms with E-state index in [1.165, 1.54) is 44.9 Å². The Bertz CT molecular complexity index is 276. The fourth-order valence-corrected chi connectivity index (χ4v) is 2.09. The molecule has 3 nitrogen and oxygen atoms in total. The summed E-state index contributed by atoms with van der Waals surface area (Å²) in [6.45, 7) is 2.23. The van der Waals surface area contributed by atoms with Crippen molar-refractivity contribution in [3.05, 3.63) is 24.3 Å². The predicted octanol–water partition coefficient (Wildman–Crippen LogP) is 5.75. The van der Waals surface area contributed by atoms with Gasteiger partial charge < -0.3 is 5.11 Å². The molecule has 4 heteroatoms. The van der Waals surface area contributed by atoms with Crippen molar-refractivity contribution in [2.45, 2.75) is 84.0 Å². The maximum Gasteiger partial charge on any atom is 0.303 e. The summed E-state index contributed by atoms with van der Waals surface area (Å²) in [4.78, 5) is 10.3. The summed E-state index contributed by atoms with van der Waals surface area (Å²) < 4.78 is 8.50. The average Bonchev–Trinajstić information content (AvgIpc) is 2.53. The number of carboxylic acid groups (broad SMARTS) is 1. The van der Waals surface area contributed by atoms with E-state index in [0.717, 1.165) is 25.7 Å². The van der Waals surface area contributed by atoms with Gasteiger partial charge in [0.05, 0.1) is 0 Å². The van der Waals surface area contributed by atoms with Gasteiger partial charge in [-0.05, 0) is 38.5 Å². The van der Waals surface area contributed by atoms with E-state index >= 15 is 0 Å². The molecule has 0 aromatic heterocycles. The van der Waals surface area contributed by atoms with Crippen LogP contribution < -0.4 is 0 Å². The minimum Gasteiger partial charge on any atom is -0.481 e. The molecule has 0 amide bonds. The van der Waals surface area contributed by atoms with E-state index in [9.17, 15) is 4.79 Å². The van der Waals surface area contributed by atoms with Crippen LogP contribution in [0.15, 0.2) is 24.3 Å². The number of rotatable bonds is 14. The number of carboxylic acids is 1. The monoisotopic (exact) mass is 316 g/mol. The van der Waals surface area contributed by atoms with Crippen LogP contribution in [0.3, 0.4) is 0 Å². The largest absolute Gasteiger partial charge is 0.481 e. The predicted molar refractivity (Wildman–Crippen MR) is 90.3 cm³/mol. The van der Waals surface area contributed by atoms with Crippen molar-refractivity contribution < 1.29 is 19.7 Å². The summed E-state index contributed by atoms with van der Waals surface area (Å²) >= 11 is 0. The fraction of sp³-hybridized carbons (Fsp3) is 0.722. The van der Waals surface area contributed by atoms with E-state index in [1.54, 1.807) is 0 Å². The molecule has 130 valence electrons. The third kappa shape index (κ3) is 23.9. The van der Waals surface area contributed by atoms with Crippen molar-refractivity contribution in [3.63, 3.8) is 0 Å². The molecule has 0 rings (SSSR count). The second-order valence-corrected chi connectivity index (χ2v) is 5.37.